The lowest BCUT2D eigenvalue weighted by Crippen LogP contribution is -1.98. The zero-order valence-corrected chi connectivity index (χ0v) is 5.29. The van der Waals surface area contributed by atoms with Gasteiger partial charge in [0.25, 0.3) is 0 Å². The van der Waals surface area contributed by atoms with Gasteiger partial charge in [-0.15, -0.1) is 0 Å². The molecule has 0 spiro atoms. The van der Waals surface area contributed by atoms with Crippen molar-refractivity contribution in [2.75, 3.05) is 13.2 Å². The van der Waals surface area contributed by atoms with E-state index in [2.05, 4.69) is 0 Å². The van der Waals surface area contributed by atoms with E-state index in [1.807, 2.05) is 0 Å². The molecule has 2 N–H and O–H groups in total. The molecule has 0 radical (unpaired) electrons. The number of hydrogen-bond acceptors (Lipinski definition) is 3. The number of ether oxygens (including phenoxy) is 1. The predicted octanol–water partition coefficient (Wildman–Crippen LogP) is -0.481. The Morgan fingerprint density at radius 2 is 1.44 bits per heavy atom. The molecule has 1 fully saturated rings. The molecule has 0 bridgehead atoms. The maximum Gasteiger partial charge on any atom is 0.0864 e. The smallest absolute Gasteiger partial charge is 0.0864 e. The zero-order valence-electron chi connectivity index (χ0n) is 5.29. The Morgan fingerprint density at radius 3 is 1.78 bits per heavy atom. The van der Waals surface area contributed by atoms with Crippen LogP contribution in [0.3, 0.4) is 0 Å². The van der Waals surface area contributed by atoms with Crippen molar-refractivity contribution in [1.29, 1.82) is 0 Å². The normalized spacial score (nSPS) is 32.7. The summed E-state index contributed by atoms with van der Waals surface area (Å²) in [5, 5.41) is 16.8. The SMILES string of the molecule is OCCC1OC1CCO. The average molecular weight is 132 g/mol. The van der Waals surface area contributed by atoms with Crippen molar-refractivity contribution in [3.05, 3.63) is 0 Å². The van der Waals surface area contributed by atoms with Crippen LogP contribution < -0.4 is 0 Å². The van der Waals surface area contributed by atoms with Crippen LogP contribution in [0.1, 0.15) is 12.8 Å². The van der Waals surface area contributed by atoms with Crippen LogP contribution in [0.4, 0.5) is 0 Å². The fraction of sp³-hybridized carbons (Fsp3) is 1.00. The second-order valence-corrected chi connectivity index (χ2v) is 2.24. The quantitative estimate of drug-likeness (QED) is 0.508. The van der Waals surface area contributed by atoms with E-state index in [1.165, 1.54) is 0 Å². The summed E-state index contributed by atoms with van der Waals surface area (Å²) in [5.41, 5.74) is 0. The first kappa shape index (κ1) is 6.99. The Hall–Kier alpha value is -0.120. The molecule has 54 valence electrons. The van der Waals surface area contributed by atoms with E-state index >= 15 is 0 Å². The molecule has 3 nitrogen and oxygen atoms in total. The van der Waals surface area contributed by atoms with Crippen molar-refractivity contribution in [1.82, 2.24) is 0 Å². The summed E-state index contributed by atoms with van der Waals surface area (Å²) in [5.74, 6) is 0. The molecule has 2 unspecified atom stereocenters. The van der Waals surface area contributed by atoms with Gasteiger partial charge in [0.05, 0.1) is 12.2 Å². The minimum absolute atomic E-state index is 0.187. The van der Waals surface area contributed by atoms with Gasteiger partial charge in [-0.05, 0) is 12.8 Å². The molecule has 0 amide bonds. The summed E-state index contributed by atoms with van der Waals surface area (Å²) in [4.78, 5) is 0. The van der Waals surface area contributed by atoms with Gasteiger partial charge in [0.15, 0.2) is 0 Å². The summed E-state index contributed by atoms with van der Waals surface area (Å²) in [6.07, 6.45) is 1.87. The third-order valence-corrected chi connectivity index (χ3v) is 1.51. The first-order valence-electron chi connectivity index (χ1n) is 3.25. The zero-order chi connectivity index (χ0) is 6.69. The first-order valence-corrected chi connectivity index (χ1v) is 3.25. The molecule has 0 aromatic heterocycles. The van der Waals surface area contributed by atoms with Gasteiger partial charge in [0.2, 0.25) is 0 Å². The van der Waals surface area contributed by atoms with Crippen LogP contribution in [0.5, 0.6) is 0 Å². The Labute approximate surface area is 54.3 Å². The molecule has 0 saturated carbocycles. The second-order valence-electron chi connectivity index (χ2n) is 2.24. The van der Waals surface area contributed by atoms with E-state index < -0.39 is 0 Å². The molecule has 0 aliphatic carbocycles. The van der Waals surface area contributed by atoms with E-state index in [9.17, 15) is 0 Å². The molecule has 9 heavy (non-hydrogen) atoms. The van der Waals surface area contributed by atoms with Crippen molar-refractivity contribution in [3.63, 3.8) is 0 Å². The molecule has 2 atom stereocenters. The molecule has 1 heterocycles. The van der Waals surface area contributed by atoms with E-state index in [4.69, 9.17) is 14.9 Å². The largest absolute Gasteiger partial charge is 0.396 e. The monoisotopic (exact) mass is 132 g/mol. The first-order chi connectivity index (χ1) is 4.38. The summed E-state index contributed by atoms with van der Waals surface area (Å²) < 4.78 is 5.08. The lowest BCUT2D eigenvalue weighted by Gasteiger charge is -1.86. The minimum Gasteiger partial charge on any atom is -0.396 e. The highest BCUT2D eigenvalue weighted by molar-refractivity contribution is 4.83. The van der Waals surface area contributed by atoms with Crippen LogP contribution in [0.25, 0.3) is 0 Å². The maximum atomic E-state index is 8.42. The van der Waals surface area contributed by atoms with Crippen molar-refractivity contribution < 1.29 is 14.9 Å². The third kappa shape index (κ3) is 1.93. The van der Waals surface area contributed by atoms with Crippen molar-refractivity contribution in [3.8, 4) is 0 Å². The molecule has 0 aromatic rings. The topological polar surface area (TPSA) is 53.0 Å². The van der Waals surface area contributed by atoms with Gasteiger partial charge < -0.3 is 14.9 Å². The summed E-state index contributed by atoms with van der Waals surface area (Å²) in [6, 6.07) is 0. The Kier molecular flexibility index (Phi) is 2.45. The van der Waals surface area contributed by atoms with Crippen LogP contribution in [0, 0.1) is 0 Å². The summed E-state index contributed by atoms with van der Waals surface area (Å²) in [7, 11) is 0. The van der Waals surface area contributed by atoms with Crippen molar-refractivity contribution in [2.24, 2.45) is 0 Å². The highest BCUT2D eigenvalue weighted by atomic mass is 16.6. The van der Waals surface area contributed by atoms with Crippen LogP contribution >= 0.6 is 0 Å². The Bertz CT molecular complexity index is 74.4. The fourth-order valence-corrected chi connectivity index (χ4v) is 0.942. The molecule has 1 aliphatic heterocycles. The highest BCUT2D eigenvalue weighted by Crippen LogP contribution is 2.27. The number of rotatable bonds is 4. The average Bonchev–Trinajstić information content (AvgIpc) is 2.50. The van der Waals surface area contributed by atoms with Gasteiger partial charge >= 0.3 is 0 Å². The van der Waals surface area contributed by atoms with Gasteiger partial charge in [-0.25, -0.2) is 0 Å². The fourth-order valence-electron chi connectivity index (χ4n) is 0.942. The number of epoxide rings is 1. The van der Waals surface area contributed by atoms with E-state index in [0.717, 1.165) is 0 Å². The highest BCUT2D eigenvalue weighted by Gasteiger charge is 2.36. The van der Waals surface area contributed by atoms with Crippen LogP contribution in [0.15, 0.2) is 0 Å². The minimum atomic E-state index is 0.187. The van der Waals surface area contributed by atoms with Gasteiger partial charge in [0.1, 0.15) is 0 Å². The third-order valence-electron chi connectivity index (χ3n) is 1.51. The Morgan fingerprint density at radius 1 is 1.00 bits per heavy atom. The molecule has 1 rings (SSSR count). The van der Waals surface area contributed by atoms with Gasteiger partial charge in [-0.3, -0.25) is 0 Å². The molecule has 1 aliphatic rings. The van der Waals surface area contributed by atoms with Crippen LogP contribution in [-0.4, -0.2) is 35.6 Å². The predicted molar refractivity (Wildman–Crippen MR) is 32.1 cm³/mol. The number of hydrogen-bond donors (Lipinski definition) is 2. The van der Waals surface area contributed by atoms with Crippen LogP contribution in [0.2, 0.25) is 0 Å². The van der Waals surface area contributed by atoms with Crippen molar-refractivity contribution in [2.45, 2.75) is 25.0 Å². The molecular formula is C6H12O3. The number of aliphatic hydroxyl groups is 2. The maximum absolute atomic E-state index is 8.42. The molecular weight excluding hydrogens is 120 g/mol. The van der Waals surface area contributed by atoms with Crippen LogP contribution in [-0.2, 0) is 4.74 Å². The van der Waals surface area contributed by atoms with Gasteiger partial charge in [-0.1, -0.05) is 0 Å². The van der Waals surface area contributed by atoms with Crippen molar-refractivity contribution >= 4 is 0 Å². The summed E-state index contributed by atoms with van der Waals surface area (Å²) in [6.45, 7) is 0.374. The van der Waals surface area contributed by atoms with Gasteiger partial charge in [0, 0.05) is 13.2 Å². The molecule has 3 heteroatoms. The molecule has 0 aromatic carbocycles. The van der Waals surface area contributed by atoms with Gasteiger partial charge in [-0.2, -0.15) is 0 Å². The van der Waals surface area contributed by atoms with E-state index in [-0.39, 0.29) is 25.4 Å². The lowest BCUT2D eigenvalue weighted by atomic mass is 10.2. The number of aliphatic hydroxyl groups excluding tert-OH is 2. The molecule has 1 saturated heterocycles. The standard InChI is InChI=1S/C6H12O3/c7-3-1-5-6(9-5)2-4-8/h5-8H,1-4H2. The van der Waals surface area contributed by atoms with E-state index in [1.54, 1.807) is 0 Å². The van der Waals surface area contributed by atoms with E-state index in [0.29, 0.717) is 12.8 Å². The summed E-state index contributed by atoms with van der Waals surface area (Å²) >= 11 is 0. The second kappa shape index (κ2) is 3.15. The lowest BCUT2D eigenvalue weighted by molar-refractivity contribution is 0.253. The Balaban J connectivity index is 1.96.